The van der Waals surface area contributed by atoms with Crippen molar-refractivity contribution in [2.24, 2.45) is 0 Å². The maximum absolute atomic E-state index is 9.05. The van der Waals surface area contributed by atoms with Gasteiger partial charge < -0.3 is 24.6 Å². The van der Waals surface area contributed by atoms with Crippen molar-refractivity contribution in [2.45, 2.75) is 32.7 Å². The summed E-state index contributed by atoms with van der Waals surface area (Å²) >= 11 is 0. The van der Waals surface area contributed by atoms with Gasteiger partial charge in [-0.05, 0) is 20.3 Å². The number of aryl methyl sites for hydroxylation is 2. The molecule has 1 fully saturated rings. The second-order valence-corrected chi connectivity index (χ2v) is 6.34. The van der Waals surface area contributed by atoms with Gasteiger partial charge in [0.15, 0.2) is 0 Å². The zero-order chi connectivity index (χ0) is 17.8. The largest absolute Gasteiger partial charge is 0.395 e. The number of aromatic nitrogens is 3. The van der Waals surface area contributed by atoms with Crippen LogP contribution in [0.4, 0.5) is 11.8 Å². The summed E-state index contributed by atoms with van der Waals surface area (Å²) in [6.07, 6.45) is 0.962. The van der Waals surface area contributed by atoms with E-state index in [1.54, 1.807) is 0 Å². The maximum atomic E-state index is 9.05. The van der Waals surface area contributed by atoms with E-state index >= 15 is 0 Å². The lowest BCUT2D eigenvalue weighted by Gasteiger charge is -2.20. The van der Waals surface area contributed by atoms with Crippen molar-refractivity contribution in [3.05, 3.63) is 28.8 Å². The third kappa shape index (κ3) is 4.08. The van der Waals surface area contributed by atoms with Crippen molar-refractivity contribution < 1.29 is 14.4 Å². The highest BCUT2D eigenvalue weighted by atomic mass is 16.5. The number of aliphatic hydroxyl groups is 1. The molecule has 2 N–H and O–H groups in total. The van der Waals surface area contributed by atoms with Gasteiger partial charge in [0.2, 0.25) is 5.95 Å². The highest BCUT2D eigenvalue weighted by Gasteiger charge is 2.22. The molecule has 0 bridgehead atoms. The second kappa shape index (κ2) is 7.79. The zero-order valence-electron chi connectivity index (χ0n) is 14.9. The van der Waals surface area contributed by atoms with Crippen molar-refractivity contribution in [1.29, 1.82) is 0 Å². The Labute approximate surface area is 147 Å². The summed E-state index contributed by atoms with van der Waals surface area (Å²) in [5.74, 6) is 2.45. The molecule has 0 radical (unpaired) electrons. The number of rotatable bonds is 7. The van der Waals surface area contributed by atoms with E-state index < -0.39 is 0 Å². The molecule has 0 aliphatic carbocycles. The van der Waals surface area contributed by atoms with Crippen LogP contribution in [-0.2, 0) is 11.3 Å². The first-order valence-electron chi connectivity index (χ1n) is 8.52. The molecule has 0 saturated carbocycles. The Morgan fingerprint density at radius 1 is 1.36 bits per heavy atom. The summed E-state index contributed by atoms with van der Waals surface area (Å²) in [5.41, 5.74) is 2.92. The summed E-state index contributed by atoms with van der Waals surface area (Å²) in [6, 6.07) is 2.02. The second-order valence-electron chi connectivity index (χ2n) is 6.34. The molecule has 0 spiro atoms. The Balaban J connectivity index is 1.86. The monoisotopic (exact) mass is 347 g/mol. The topological polar surface area (TPSA) is 96.5 Å². The maximum Gasteiger partial charge on any atom is 0.224 e. The molecule has 1 saturated heterocycles. The van der Waals surface area contributed by atoms with Crippen LogP contribution in [0, 0.1) is 13.8 Å². The quantitative estimate of drug-likeness (QED) is 0.780. The Morgan fingerprint density at radius 3 is 2.84 bits per heavy atom. The van der Waals surface area contributed by atoms with E-state index in [-0.39, 0.29) is 12.5 Å². The van der Waals surface area contributed by atoms with E-state index in [0.717, 1.165) is 41.6 Å². The summed E-state index contributed by atoms with van der Waals surface area (Å²) in [4.78, 5) is 11.2. The number of hydrogen-bond acceptors (Lipinski definition) is 8. The van der Waals surface area contributed by atoms with Crippen LogP contribution in [0.1, 0.15) is 35.1 Å². The molecular formula is C17H25N5O3. The van der Waals surface area contributed by atoms with E-state index in [2.05, 4.69) is 25.3 Å². The van der Waals surface area contributed by atoms with Gasteiger partial charge in [0.1, 0.15) is 11.6 Å². The van der Waals surface area contributed by atoms with Gasteiger partial charge in [0.05, 0.1) is 24.6 Å². The molecule has 136 valence electrons. The molecule has 2 aromatic rings. The normalized spacial score (nSPS) is 17.0. The van der Waals surface area contributed by atoms with Crippen molar-refractivity contribution in [2.75, 3.05) is 43.6 Å². The molecule has 3 rings (SSSR count). The molecule has 2 aromatic heterocycles. The first-order chi connectivity index (χ1) is 12.1. The average molecular weight is 347 g/mol. The van der Waals surface area contributed by atoms with E-state index in [1.165, 1.54) is 0 Å². The molecule has 1 aliphatic rings. The minimum Gasteiger partial charge on any atom is -0.395 e. The Hall–Kier alpha value is -2.19. The summed E-state index contributed by atoms with van der Waals surface area (Å²) in [7, 11) is 1.99. The Kier molecular flexibility index (Phi) is 5.50. The molecule has 0 aromatic carbocycles. The van der Waals surface area contributed by atoms with Gasteiger partial charge >= 0.3 is 0 Å². The zero-order valence-corrected chi connectivity index (χ0v) is 14.9. The van der Waals surface area contributed by atoms with Crippen LogP contribution in [0.15, 0.2) is 10.6 Å². The minimum absolute atomic E-state index is 0.0321. The predicted octanol–water partition coefficient (Wildman–Crippen LogP) is 1.63. The molecule has 1 atom stereocenters. The number of nitrogens with zero attached hydrogens (tertiary/aromatic N) is 4. The summed E-state index contributed by atoms with van der Waals surface area (Å²) in [5, 5.41) is 16.1. The van der Waals surface area contributed by atoms with Gasteiger partial charge in [-0.2, -0.15) is 4.98 Å². The van der Waals surface area contributed by atoms with Crippen LogP contribution in [0.3, 0.4) is 0 Å². The summed E-state index contributed by atoms with van der Waals surface area (Å²) < 4.78 is 10.7. The van der Waals surface area contributed by atoms with Crippen LogP contribution in [-0.4, -0.2) is 53.6 Å². The average Bonchev–Trinajstić information content (AvgIpc) is 3.25. The molecule has 0 unspecified atom stereocenters. The van der Waals surface area contributed by atoms with Gasteiger partial charge in [0, 0.05) is 44.3 Å². The number of anilines is 2. The van der Waals surface area contributed by atoms with E-state index in [4.69, 9.17) is 14.4 Å². The highest BCUT2D eigenvalue weighted by Crippen LogP contribution is 2.27. The van der Waals surface area contributed by atoms with Gasteiger partial charge in [0.25, 0.3) is 0 Å². The van der Waals surface area contributed by atoms with Gasteiger partial charge in [-0.3, -0.25) is 0 Å². The van der Waals surface area contributed by atoms with Crippen molar-refractivity contribution >= 4 is 11.8 Å². The third-order valence-corrected chi connectivity index (χ3v) is 4.44. The molecular weight excluding hydrogens is 322 g/mol. The molecule has 8 heteroatoms. The number of ether oxygens (including phenoxy) is 1. The van der Waals surface area contributed by atoms with Crippen molar-refractivity contribution in [3.8, 4) is 0 Å². The fourth-order valence-corrected chi connectivity index (χ4v) is 2.92. The first kappa shape index (κ1) is 17.6. The fraction of sp³-hybridized carbons (Fsp3) is 0.588. The Morgan fingerprint density at radius 2 is 2.20 bits per heavy atom. The lowest BCUT2D eigenvalue weighted by molar-refractivity contribution is 0.193. The fourth-order valence-electron chi connectivity index (χ4n) is 2.92. The molecule has 0 amide bonds. The molecule has 8 nitrogen and oxygen atoms in total. The van der Waals surface area contributed by atoms with Crippen molar-refractivity contribution in [3.63, 3.8) is 0 Å². The molecule has 25 heavy (non-hydrogen) atoms. The van der Waals surface area contributed by atoms with E-state index in [0.29, 0.717) is 25.6 Å². The number of nitrogens with one attached hydrogen (secondary N) is 1. The van der Waals surface area contributed by atoms with E-state index in [1.807, 2.05) is 27.0 Å². The van der Waals surface area contributed by atoms with E-state index in [9.17, 15) is 0 Å². The van der Waals surface area contributed by atoms with Gasteiger partial charge in [-0.1, -0.05) is 5.16 Å². The van der Waals surface area contributed by atoms with Crippen LogP contribution < -0.4 is 10.2 Å². The van der Waals surface area contributed by atoms with Gasteiger partial charge in [-0.15, -0.1) is 0 Å². The predicted molar refractivity (Wildman–Crippen MR) is 93.9 cm³/mol. The summed E-state index contributed by atoms with van der Waals surface area (Å²) in [6.45, 7) is 6.40. The number of hydrogen-bond donors (Lipinski definition) is 2. The van der Waals surface area contributed by atoms with Crippen LogP contribution >= 0.6 is 0 Å². The third-order valence-electron chi connectivity index (χ3n) is 4.44. The molecule has 3 heterocycles. The minimum atomic E-state index is 0.0321. The first-order valence-corrected chi connectivity index (χ1v) is 8.52. The Bertz CT molecular complexity index is 693. The van der Waals surface area contributed by atoms with Gasteiger partial charge in [-0.25, -0.2) is 4.98 Å². The highest BCUT2D eigenvalue weighted by molar-refractivity contribution is 5.46. The van der Waals surface area contributed by atoms with Crippen LogP contribution in [0.5, 0.6) is 0 Å². The SMILES string of the molecule is Cc1noc(C)c1CN(C)c1cc([C@@H]2CCOC2)nc(NCCO)n1. The number of aliphatic hydroxyl groups excluding tert-OH is 1. The lowest BCUT2D eigenvalue weighted by Crippen LogP contribution is -2.21. The standard InChI is InChI=1S/C17H25N5O3/c1-11-14(12(2)25-21-11)9-22(3)16-8-15(13-4-7-24-10-13)19-17(20-16)18-5-6-23/h8,13,23H,4-7,9-10H2,1-3H3,(H,18,19,20)/t13-/m1/s1. The lowest BCUT2D eigenvalue weighted by atomic mass is 10.0. The van der Waals surface area contributed by atoms with Crippen LogP contribution in [0.2, 0.25) is 0 Å². The van der Waals surface area contributed by atoms with Crippen molar-refractivity contribution in [1.82, 2.24) is 15.1 Å². The smallest absolute Gasteiger partial charge is 0.224 e. The molecule has 1 aliphatic heterocycles. The van der Waals surface area contributed by atoms with Crippen LogP contribution in [0.25, 0.3) is 0 Å².